The lowest BCUT2D eigenvalue weighted by Crippen LogP contribution is -2.28. The monoisotopic (exact) mass is 287 g/mol. The normalized spacial score (nSPS) is 20.2. The summed E-state index contributed by atoms with van der Waals surface area (Å²) in [5.41, 5.74) is 1.27. The van der Waals surface area contributed by atoms with Crippen LogP contribution in [-0.4, -0.2) is 18.0 Å². The Hall–Kier alpha value is -1.55. The molecular formula is C16H18ClN3. The molecule has 3 nitrogen and oxygen atoms in total. The summed E-state index contributed by atoms with van der Waals surface area (Å²) in [5.74, 6) is -0.0532. The topological polar surface area (TPSA) is 50.8 Å². The van der Waals surface area contributed by atoms with Crippen LogP contribution in [0.3, 0.4) is 0 Å². The Balaban J connectivity index is 2.02. The van der Waals surface area contributed by atoms with Gasteiger partial charge in [0.2, 0.25) is 0 Å². The molecule has 1 aromatic carbocycles. The number of nitrogens with zero attached hydrogens (tertiary/aromatic N) is 3. The first-order valence-electron chi connectivity index (χ1n) is 7.00. The van der Waals surface area contributed by atoms with E-state index in [4.69, 9.17) is 16.9 Å². The highest BCUT2D eigenvalue weighted by Gasteiger charge is 2.27. The van der Waals surface area contributed by atoms with Gasteiger partial charge in [-0.3, -0.25) is 4.90 Å². The highest BCUT2D eigenvalue weighted by Crippen LogP contribution is 2.33. The van der Waals surface area contributed by atoms with Gasteiger partial charge in [0.15, 0.2) is 0 Å². The Bertz CT molecular complexity index is 512. The predicted octanol–water partition coefficient (Wildman–Crippen LogP) is 3.92. The number of rotatable bonds is 5. The molecule has 0 saturated carbocycles. The molecule has 4 heteroatoms. The van der Waals surface area contributed by atoms with Crippen LogP contribution in [0.25, 0.3) is 0 Å². The largest absolute Gasteiger partial charge is 0.295 e. The zero-order valence-electron chi connectivity index (χ0n) is 11.4. The summed E-state index contributed by atoms with van der Waals surface area (Å²) in [7, 11) is 0. The second-order valence-electron chi connectivity index (χ2n) is 5.23. The molecule has 20 heavy (non-hydrogen) atoms. The van der Waals surface area contributed by atoms with Crippen molar-refractivity contribution in [3.63, 3.8) is 0 Å². The van der Waals surface area contributed by atoms with Gasteiger partial charge < -0.3 is 0 Å². The number of benzene rings is 1. The highest BCUT2D eigenvalue weighted by molar-refractivity contribution is 6.30. The van der Waals surface area contributed by atoms with Crippen molar-refractivity contribution in [1.29, 1.82) is 10.5 Å². The molecular weight excluding hydrogens is 270 g/mol. The number of hydrogen-bond donors (Lipinski definition) is 0. The summed E-state index contributed by atoms with van der Waals surface area (Å²) in [4.78, 5) is 2.37. The SMILES string of the molecule is N#CCC[C@H](C#N)CN1CCC[C@@H]1c1ccc(Cl)cc1. The quantitative estimate of drug-likeness (QED) is 0.825. The van der Waals surface area contributed by atoms with E-state index in [0.29, 0.717) is 18.9 Å². The fourth-order valence-electron chi connectivity index (χ4n) is 2.83. The van der Waals surface area contributed by atoms with Gasteiger partial charge in [-0.1, -0.05) is 23.7 Å². The zero-order valence-corrected chi connectivity index (χ0v) is 12.2. The van der Waals surface area contributed by atoms with E-state index in [1.54, 1.807) is 0 Å². The van der Waals surface area contributed by atoms with Crippen LogP contribution in [-0.2, 0) is 0 Å². The molecule has 0 aliphatic carbocycles. The Morgan fingerprint density at radius 2 is 2.05 bits per heavy atom. The summed E-state index contributed by atoms with van der Waals surface area (Å²) in [6.45, 7) is 1.78. The van der Waals surface area contributed by atoms with Gasteiger partial charge in [-0.05, 0) is 43.5 Å². The number of hydrogen-bond acceptors (Lipinski definition) is 3. The van der Waals surface area contributed by atoms with Crippen LogP contribution in [0.4, 0.5) is 0 Å². The number of halogens is 1. The van der Waals surface area contributed by atoms with Crippen molar-refractivity contribution >= 4 is 11.6 Å². The van der Waals surface area contributed by atoms with Crippen molar-refractivity contribution in [1.82, 2.24) is 4.90 Å². The Labute approximate surface area is 125 Å². The lowest BCUT2D eigenvalue weighted by Gasteiger charge is -2.26. The van der Waals surface area contributed by atoms with E-state index in [1.165, 1.54) is 5.56 Å². The van der Waals surface area contributed by atoms with Crippen LogP contribution in [0, 0.1) is 28.6 Å². The minimum atomic E-state index is -0.0532. The van der Waals surface area contributed by atoms with E-state index < -0.39 is 0 Å². The molecule has 0 aromatic heterocycles. The van der Waals surface area contributed by atoms with Crippen molar-refractivity contribution in [2.24, 2.45) is 5.92 Å². The van der Waals surface area contributed by atoms with Crippen molar-refractivity contribution in [3.05, 3.63) is 34.9 Å². The molecule has 0 spiro atoms. The second kappa shape index (κ2) is 7.29. The van der Waals surface area contributed by atoms with E-state index in [0.717, 1.165) is 31.0 Å². The third-order valence-electron chi connectivity index (χ3n) is 3.86. The maximum Gasteiger partial charge on any atom is 0.0669 e. The van der Waals surface area contributed by atoms with E-state index in [-0.39, 0.29) is 5.92 Å². The summed E-state index contributed by atoms with van der Waals surface area (Å²) in [6, 6.07) is 12.8. The Morgan fingerprint density at radius 3 is 2.70 bits per heavy atom. The fraction of sp³-hybridized carbons (Fsp3) is 0.500. The molecule has 2 rings (SSSR count). The van der Waals surface area contributed by atoms with Gasteiger partial charge in [0, 0.05) is 24.0 Å². The van der Waals surface area contributed by atoms with E-state index >= 15 is 0 Å². The molecule has 0 bridgehead atoms. The zero-order chi connectivity index (χ0) is 14.4. The third kappa shape index (κ3) is 3.73. The smallest absolute Gasteiger partial charge is 0.0669 e. The summed E-state index contributed by atoms with van der Waals surface area (Å²) < 4.78 is 0. The van der Waals surface area contributed by atoms with Gasteiger partial charge in [-0.2, -0.15) is 10.5 Å². The molecule has 104 valence electrons. The maximum absolute atomic E-state index is 9.20. The lowest BCUT2D eigenvalue weighted by molar-refractivity contribution is 0.231. The van der Waals surface area contributed by atoms with Crippen molar-refractivity contribution in [2.75, 3.05) is 13.1 Å². The van der Waals surface area contributed by atoms with Crippen molar-refractivity contribution in [2.45, 2.75) is 31.7 Å². The van der Waals surface area contributed by atoms with E-state index in [1.807, 2.05) is 12.1 Å². The molecule has 0 amide bonds. The lowest BCUT2D eigenvalue weighted by atomic mass is 10.0. The average molecular weight is 288 g/mol. The molecule has 1 heterocycles. The van der Waals surface area contributed by atoms with Crippen LogP contribution < -0.4 is 0 Å². The van der Waals surface area contributed by atoms with Crippen LogP contribution in [0.15, 0.2) is 24.3 Å². The first-order chi connectivity index (χ1) is 9.74. The van der Waals surface area contributed by atoms with Gasteiger partial charge in [0.05, 0.1) is 18.1 Å². The molecule has 1 fully saturated rings. The summed E-state index contributed by atoms with van der Waals surface area (Å²) >= 11 is 5.93. The van der Waals surface area contributed by atoms with Crippen LogP contribution in [0.1, 0.15) is 37.3 Å². The molecule has 1 aliphatic rings. The number of nitriles is 2. The van der Waals surface area contributed by atoms with E-state index in [9.17, 15) is 5.26 Å². The molecule has 1 aromatic rings. The van der Waals surface area contributed by atoms with Gasteiger partial charge in [-0.15, -0.1) is 0 Å². The minimum Gasteiger partial charge on any atom is -0.295 e. The molecule has 0 unspecified atom stereocenters. The minimum absolute atomic E-state index is 0.0532. The standard InChI is InChI=1S/C16H18ClN3/c17-15-7-5-14(6-8-15)16-4-2-10-20(16)12-13(11-19)3-1-9-18/h5-8,13,16H,1-4,10,12H2/t13-,16-/m1/s1. The predicted molar refractivity (Wildman–Crippen MR) is 79.0 cm³/mol. The Morgan fingerprint density at radius 1 is 1.30 bits per heavy atom. The number of likely N-dealkylation sites (tertiary alicyclic amines) is 1. The average Bonchev–Trinajstić information content (AvgIpc) is 2.92. The van der Waals surface area contributed by atoms with Crippen LogP contribution >= 0.6 is 11.6 Å². The van der Waals surface area contributed by atoms with Gasteiger partial charge in [0.25, 0.3) is 0 Å². The molecule has 1 saturated heterocycles. The van der Waals surface area contributed by atoms with Gasteiger partial charge >= 0.3 is 0 Å². The van der Waals surface area contributed by atoms with E-state index in [2.05, 4.69) is 29.2 Å². The van der Waals surface area contributed by atoms with Gasteiger partial charge in [0.1, 0.15) is 0 Å². The van der Waals surface area contributed by atoms with Gasteiger partial charge in [-0.25, -0.2) is 0 Å². The maximum atomic E-state index is 9.20. The molecule has 2 atom stereocenters. The molecule has 0 radical (unpaired) electrons. The van der Waals surface area contributed by atoms with Crippen molar-refractivity contribution in [3.8, 4) is 12.1 Å². The molecule has 0 N–H and O–H groups in total. The summed E-state index contributed by atoms with van der Waals surface area (Å²) in [6.07, 6.45) is 3.40. The second-order valence-corrected chi connectivity index (χ2v) is 5.66. The first-order valence-corrected chi connectivity index (χ1v) is 7.38. The van der Waals surface area contributed by atoms with Crippen molar-refractivity contribution < 1.29 is 0 Å². The van der Waals surface area contributed by atoms with Crippen LogP contribution in [0.2, 0.25) is 5.02 Å². The summed E-state index contributed by atoms with van der Waals surface area (Å²) in [5, 5.41) is 18.6. The Kier molecular flexibility index (Phi) is 5.41. The molecule has 1 aliphatic heterocycles. The van der Waals surface area contributed by atoms with Crippen LogP contribution in [0.5, 0.6) is 0 Å². The third-order valence-corrected chi connectivity index (χ3v) is 4.11. The highest BCUT2D eigenvalue weighted by atomic mass is 35.5. The first kappa shape index (κ1) is 14.9. The fourth-order valence-corrected chi connectivity index (χ4v) is 2.95.